The minimum Gasteiger partial charge on any atom is -0.435 e. The van der Waals surface area contributed by atoms with Gasteiger partial charge in [0.25, 0.3) is 11.8 Å². The summed E-state index contributed by atoms with van der Waals surface area (Å²) < 4.78 is 29.5. The number of hydrogen-bond acceptors (Lipinski definition) is 4. The van der Waals surface area contributed by atoms with Crippen LogP contribution in [0.25, 0.3) is 11.0 Å². The molecule has 0 spiro atoms. The average molecular weight is 553 g/mol. The Labute approximate surface area is 229 Å². The van der Waals surface area contributed by atoms with Crippen molar-refractivity contribution in [3.63, 3.8) is 0 Å². The highest BCUT2D eigenvalue weighted by atomic mass is 35.5. The Morgan fingerprint density at radius 3 is 2.51 bits per heavy atom. The predicted molar refractivity (Wildman–Crippen MR) is 144 cm³/mol. The largest absolute Gasteiger partial charge is 0.435 e. The molecule has 3 aromatic carbocycles. The van der Waals surface area contributed by atoms with Crippen molar-refractivity contribution in [1.29, 1.82) is 0 Å². The number of benzene rings is 3. The number of alkyl halides is 2. The zero-order chi connectivity index (χ0) is 27.5. The van der Waals surface area contributed by atoms with Gasteiger partial charge in [0.1, 0.15) is 11.6 Å². The molecule has 0 radical (unpaired) electrons. The normalized spacial score (nSPS) is 14.1. The van der Waals surface area contributed by atoms with Crippen molar-refractivity contribution < 1.29 is 23.1 Å². The number of hydrogen-bond donors (Lipinski definition) is 2. The lowest BCUT2D eigenvalue weighted by Crippen LogP contribution is -2.31. The number of H-pyrrole nitrogens is 1. The van der Waals surface area contributed by atoms with Crippen molar-refractivity contribution in [3.8, 4) is 5.75 Å². The fourth-order valence-corrected chi connectivity index (χ4v) is 4.97. The molecule has 1 aliphatic heterocycles. The van der Waals surface area contributed by atoms with E-state index >= 15 is 0 Å². The molecular formula is C29H27ClF2N4O3. The van der Waals surface area contributed by atoms with Gasteiger partial charge in [-0.2, -0.15) is 8.78 Å². The fraction of sp³-hybridized carbons (Fsp3) is 0.276. The maximum absolute atomic E-state index is 13.4. The molecule has 1 aliphatic rings. The Hall–Kier alpha value is -3.98. The van der Waals surface area contributed by atoms with E-state index in [1.54, 1.807) is 42.5 Å². The second kappa shape index (κ2) is 11.4. The van der Waals surface area contributed by atoms with Crippen LogP contribution >= 0.6 is 11.6 Å². The van der Waals surface area contributed by atoms with E-state index in [1.807, 2.05) is 17.9 Å². The molecule has 10 heteroatoms. The number of aromatic amines is 1. The SMILES string of the molecule is Cc1cc(C(=O)NC(Cc2ccc(OC(F)F)cc2)c2nc3cc(Cl)ccc3[nH]2)ccc1C(=O)N1CCCC1. The quantitative estimate of drug-likeness (QED) is 0.277. The number of likely N-dealkylation sites (tertiary alicyclic amines) is 1. The van der Waals surface area contributed by atoms with Crippen molar-refractivity contribution in [2.24, 2.45) is 0 Å². The number of imidazole rings is 1. The Kier molecular flexibility index (Phi) is 7.79. The van der Waals surface area contributed by atoms with E-state index in [4.69, 9.17) is 11.6 Å². The van der Waals surface area contributed by atoms with Gasteiger partial charge in [-0.25, -0.2) is 4.98 Å². The molecule has 2 heterocycles. The van der Waals surface area contributed by atoms with Gasteiger partial charge in [-0.15, -0.1) is 0 Å². The van der Waals surface area contributed by atoms with Gasteiger partial charge in [0.2, 0.25) is 0 Å². The van der Waals surface area contributed by atoms with E-state index in [1.165, 1.54) is 12.1 Å². The van der Waals surface area contributed by atoms with Crippen molar-refractivity contribution in [2.45, 2.75) is 38.8 Å². The van der Waals surface area contributed by atoms with Gasteiger partial charge in [-0.05, 0) is 85.8 Å². The first-order chi connectivity index (χ1) is 18.8. The topological polar surface area (TPSA) is 87.3 Å². The highest BCUT2D eigenvalue weighted by Gasteiger charge is 2.23. The third kappa shape index (κ3) is 6.20. The molecule has 0 bridgehead atoms. The smallest absolute Gasteiger partial charge is 0.387 e. The van der Waals surface area contributed by atoms with Gasteiger partial charge < -0.3 is 19.9 Å². The Morgan fingerprint density at radius 1 is 1.08 bits per heavy atom. The molecule has 202 valence electrons. The van der Waals surface area contributed by atoms with E-state index in [2.05, 4.69) is 20.0 Å². The lowest BCUT2D eigenvalue weighted by molar-refractivity contribution is -0.0498. The van der Waals surface area contributed by atoms with Crippen LogP contribution in [0.1, 0.15) is 56.6 Å². The molecule has 4 aromatic rings. The zero-order valence-electron chi connectivity index (χ0n) is 21.2. The molecule has 1 unspecified atom stereocenters. The minimum absolute atomic E-state index is 0.0185. The van der Waals surface area contributed by atoms with E-state index in [-0.39, 0.29) is 17.6 Å². The highest BCUT2D eigenvalue weighted by Crippen LogP contribution is 2.25. The van der Waals surface area contributed by atoms with Crippen LogP contribution in [0.5, 0.6) is 5.75 Å². The van der Waals surface area contributed by atoms with Crippen molar-refractivity contribution in [3.05, 3.63) is 93.8 Å². The molecule has 0 saturated carbocycles. The molecule has 5 rings (SSSR count). The summed E-state index contributed by atoms with van der Waals surface area (Å²) in [5.41, 5.74) is 3.92. The number of ether oxygens (including phenoxy) is 1. The van der Waals surface area contributed by atoms with Gasteiger partial charge >= 0.3 is 6.61 Å². The second-order valence-corrected chi connectivity index (χ2v) is 10.0. The minimum atomic E-state index is -2.91. The van der Waals surface area contributed by atoms with Gasteiger partial charge in [-0.1, -0.05) is 23.7 Å². The van der Waals surface area contributed by atoms with Gasteiger partial charge in [-0.3, -0.25) is 9.59 Å². The molecule has 1 fully saturated rings. The van der Waals surface area contributed by atoms with Gasteiger partial charge in [0.05, 0.1) is 17.1 Å². The Morgan fingerprint density at radius 2 is 1.82 bits per heavy atom. The van der Waals surface area contributed by atoms with Gasteiger partial charge in [0, 0.05) is 29.2 Å². The summed E-state index contributed by atoms with van der Waals surface area (Å²) in [6, 6.07) is 16.0. The van der Waals surface area contributed by atoms with Crippen LogP contribution in [0, 0.1) is 6.92 Å². The molecular weight excluding hydrogens is 526 g/mol. The maximum Gasteiger partial charge on any atom is 0.387 e. The van der Waals surface area contributed by atoms with E-state index in [0.29, 0.717) is 33.9 Å². The van der Waals surface area contributed by atoms with Crippen LogP contribution in [0.4, 0.5) is 8.78 Å². The third-order valence-corrected chi connectivity index (χ3v) is 7.03. The summed E-state index contributed by atoms with van der Waals surface area (Å²) in [6.07, 6.45) is 2.34. The molecule has 2 N–H and O–H groups in total. The van der Waals surface area contributed by atoms with Crippen molar-refractivity contribution in [2.75, 3.05) is 13.1 Å². The number of carbonyl (C=O) groups is 2. The molecule has 7 nitrogen and oxygen atoms in total. The van der Waals surface area contributed by atoms with Crippen LogP contribution in [0.2, 0.25) is 5.02 Å². The number of halogens is 3. The molecule has 39 heavy (non-hydrogen) atoms. The van der Waals surface area contributed by atoms with Crippen LogP contribution in [-0.4, -0.2) is 46.4 Å². The summed E-state index contributed by atoms with van der Waals surface area (Å²) in [4.78, 5) is 36.0. The number of carbonyl (C=O) groups excluding carboxylic acids is 2. The lowest BCUT2D eigenvalue weighted by atomic mass is 10.0. The standard InChI is InChI=1S/C29H27ClF2N4O3/c1-17-14-19(6-10-22(17)28(38)36-12-2-3-13-36)27(37)35-25(15-18-4-8-21(9-5-18)39-29(31)32)26-33-23-11-7-20(30)16-24(23)34-26/h4-11,14,16,25,29H,2-3,12-13,15H2,1H3,(H,33,34)(H,35,37). The first kappa shape index (κ1) is 26.6. The van der Waals surface area contributed by atoms with Crippen molar-refractivity contribution >= 4 is 34.4 Å². The molecule has 1 aromatic heterocycles. The van der Waals surface area contributed by atoms with Crippen LogP contribution in [0.15, 0.2) is 60.7 Å². The first-order valence-corrected chi connectivity index (χ1v) is 13.0. The number of aryl methyl sites for hydroxylation is 1. The lowest BCUT2D eigenvalue weighted by Gasteiger charge is -2.19. The number of amides is 2. The summed E-state index contributed by atoms with van der Waals surface area (Å²) in [5, 5.41) is 3.58. The van der Waals surface area contributed by atoms with Crippen molar-refractivity contribution in [1.82, 2.24) is 20.2 Å². The summed E-state index contributed by atoms with van der Waals surface area (Å²) >= 11 is 6.13. The van der Waals surface area contributed by atoms with E-state index < -0.39 is 12.7 Å². The monoisotopic (exact) mass is 552 g/mol. The maximum atomic E-state index is 13.4. The average Bonchev–Trinajstić information content (AvgIpc) is 3.59. The third-order valence-electron chi connectivity index (χ3n) is 6.80. The second-order valence-electron chi connectivity index (χ2n) is 9.57. The summed E-state index contributed by atoms with van der Waals surface area (Å²) in [7, 11) is 0. The van der Waals surface area contributed by atoms with E-state index in [9.17, 15) is 18.4 Å². The zero-order valence-corrected chi connectivity index (χ0v) is 22.0. The number of nitrogens with one attached hydrogen (secondary N) is 2. The van der Waals surface area contributed by atoms with Crippen LogP contribution < -0.4 is 10.1 Å². The summed E-state index contributed by atoms with van der Waals surface area (Å²) in [6.45, 7) is 0.412. The molecule has 1 saturated heterocycles. The summed E-state index contributed by atoms with van der Waals surface area (Å²) in [5.74, 6) is 0.215. The number of rotatable bonds is 8. The number of aromatic nitrogens is 2. The number of nitrogens with zero attached hydrogens (tertiary/aromatic N) is 2. The fourth-order valence-electron chi connectivity index (χ4n) is 4.80. The molecule has 2 amide bonds. The van der Waals surface area contributed by atoms with Gasteiger partial charge in [0.15, 0.2) is 0 Å². The highest BCUT2D eigenvalue weighted by molar-refractivity contribution is 6.31. The van der Waals surface area contributed by atoms with Crippen LogP contribution in [-0.2, 0) is 6.42 Å². The predicted octanol–water partition coefficient (Wildman–Crippen LogP) is 6.08. The Balaban J connectivity index is 1.39. The molecule has 1 atom stereocenters. The first-order valence-electron chi connectivity index (χ1n) is 12.7. The van der Waals surface area contributed by atoms with Crippen LogP contribution in [0.3, 0.4) is 0 Å². The Bertz CT molecular complexity index is 1500. The molecule has 0 aliphatic carbocycles. The number of fused-ring (bicyclic) bond motifs is 1. The van der Waals surface area contributed by atoms with E-state index in [0.717, 1.165) is 42.6 Å².